The van der Waals surface area contributed by atoms with Crippen molar-refractivity contribution in [2.24, 2.45) is 0 Å². The number of anilines is 1. The van der Waals surface area contributed by atoms with E-state index in [9.17, 15) is 0 Å². The van der Waals surface area contributed by atoms with Gasteiger partial charge in [0.15, 0.2) is 0 Å². The molecular weight excluding hydrogens is 350 g/mol. The van der Waals surface area contributed by atoms with Crippen molar-refractivity contribution in [3.05, 3.63) is 45.9 Å². The van der Waals surface area contributed by atoms with Gasteiger partial charge in [0.1, 0.15) is 5.82 Å². The highest BCUT2D eigenvalue weighted by atomic mass is 79.9. The molecule has 2 aromatic carbocycles. The van der Waals surface area contributed by atoms with Gasteiger partial charge in [-0.1, -0.05) is 33.6 Å². The van der Waals surface area contributed by atoms with Gasteiger partial charge in [-0.15, -0.1) is 0 Å². The highest BCUT2D eigenvalue weighted by Gasteiger charge is 2.29. The summed E-state index contributed by atoms with van der Waals surface area (Å²) in [6.45, 7) is 0. The van der Waals surface area contributed by atoms with Crippen LogP contribution < -0.4 is 5.73 Å². The van der Waals surface area contributed by atoms with Crippen LogP contribution in [-0.4, -0.2) is 9.55 Å². The van der Waals surface area contributed by atoms with E-state index in [1.54, 1.807) is 0 Å². The van der Waals surface area contributed by atoms with E-state index >= 15 is 0 Å². The standard InChI is InChI=1S/C16H13BrClN3/c17-10-6-9(7-11(19)8-10)16-20-14-3-1-2-13(18)15(14)21(16)12-4-5-12/h1-3,6-8,12H,4-5,19H2. The predicted molar refractivity (Wildman–Crippen MR) is 90.6 cm³/mol. The van der Waals surface area contributed by atoms with Gasteiger partial charge in [-0.25, -0.2) is 4.98 Å². The summed E-state index contributed by atoms with van der Waals surface area (Å²) in [6.07, 6.45) is 2.35. The normalized spacial score (nSPS) is 14.8. The molecule has 0 amide bonds. The number of fused-ring (bicyclic) bond motifs is 1. The van der Waals surface area contributed by atoms with Gasteiger partial charge in [0.2, 0.25) is 0 Å². The molecule has 1 aliphatic carbocycles. The third-order valence-electron chi connectivity index (χ3n) is 3.75. The molecule has 0 saturated heterocycles. The van der Waals surface area contributed by atoms with Gasteiger partial charge in [0.25, 0.3) is 0 Å². The third-order valence-corrected chi connectivity index (χ3v) is 4.51. The van der Waals surface area contributed by atoms with E-state index in [1.165, 1.54) is 12.8 Å². The van der Waals surface area contributed by atoms with Gasteiger partial charge >= 0.3 is 0 Å². The number of nitrogens with two attached hydrogens (primary N) is 1. The number of nitrogens with zero attached hydrogens (tertiary/aromatic N) is 2. The monoisotopic (exact) mass is 361 g/mol. The van der Waals surface area contributed by atoms with Crippen LogP contribution in [0.3, 0.4) is 0 Å². The lowest BCUT2D eigenvalue weighted by atomic mass is 10.2. The molecule has 21 heavy (non-hydrogen) atoms. The third kappa shape index (κ3) is 2.23. The minimum absolute atomic E-state index is 0.491. The molecule has 5 heteroatoms. The molecular formula is C16H13BrClN3. The Morgan fingerprint density at radius 2 is 2.05 bits per heavy atom. The molecule has 0 bridgehead atoms. The Kier molecular flexibility index (Phi) is 2.98. The molecule has 3 aromatic rings. The number of halogens is 2. The van der Waals surface area contributed by atoms with Crippen LogP contribution in [0.15, 0.2) is 40.9 Å². The summed E-state index contributed by atoms with van der Waals surface area (Å²) < 4.78 is 3.22. The van der Waals surface area contributed by atoms with Gasteiger partial charge in [0, 0.05) is 21.8 Å². The van der Waals surface area contributed by atoms with Crippen molar-refractivity contribution in [1.82, 2.24) is 9.55 Å². The summed E-state index contributed by atoms with van der Waals surface area (Å²) in [6, 6.07) is 12.2. The second-order valence-corrected chi connectivity index (χ2v) is 6.74. The van der Waals surface area contributed by atoms with Gasteiger partial charge in [0.05, 0.1) is 16.1 Å². The van der Waals surface area contributed by atoms with Crippen LogP contribution in [0, 0.1) is 0 Å². The highest BCUT2D eigenvalue weighted by Crippen LogP contribution is 2.43. The van der Waals surface area contributed by atoms with Gasteiger partial charge in [-0.3, -0.25) is 0 Å². The summed E-state index contributed by atoms with van der Waals surface area (Å²) in [7, 11) is 0. The summed E-state index contributed by atoms with van der Waals surface area (Å²) in [5.41, 5.74) is 9.66. The zero-order chi connectivity index (χ0) is 14.6. The average Bonchev–Trinajstić information content (AvgIpc) is 3.18. The van der Waals surface area contributed by atoms with Gasteiger partial charge in [-0.05, 0) is 43.2 Å². The molecule has 1 heterocycles. The summed E-state index contributed by atoms with van der Waals surface area (Å²) in [4.78, 5) is 4.79. The quantitative estimate of drug-likeness (QED) is 0.649. The number of nitrogen functional groups attached to an aromatic ring is 1. The molecule has 0 spiro atoms. The Bertz CT molecular complexity index is 832. The fourth-order valence-corrected chi connectivity index (χ4v) is 3.51. The largest absolute Gasteiger partial charge is 0.399 e. The molecule has 1 fully saturated rings. The van der Waals surface area contributed by atoms with Crippen molar-refractivity contribution in [3.63, 3.8) is 0 Å². The maximum atomic E-state index is 6.40. The fourth-order valence-electron chi connectivity index (χ4n) is 2.74. The molecule has 0 aliphatic heterocycles. The average molecular weight is 363 g/mol. The molecule has 1 aromatic heterocycles. The minimum atomic E-state index is 0.491. The minimum Gasteiger partial charge on any atom is -0.399 e. The first-order valence-electron chi connectivity index (χ1n) is 6.86. The second-order valence-electron chi connectivity index (χ2n) is 5.42. The number of imidazole rings is 1. The van der Waals surface area contributed by atoms with Crippen molar-refractivity contribution in [2.75, 3.05) is 5.73 Å². The fraction of sp³-hybridized carbons (Fsp3) is 0.188. The van der Waals surface area contributed by atoms with Gasteiger partial charge < -0.3 is 10.3 Å². The van der Waals surface area contributed by atoms with Crippen LogP contribution >= 0.6 is 27.5 Å². The Hall–Kier alpha value is -1.52. The van der Waals surface area contributed by atoms with E-state index in [2.05, 4.69) is 20.5 Å². The number of benzene rings is 2. The van der Waals surface area contributed by atoms with Crippen LogP contribution in [-0.2, 0) is 0 Å². The Balaban J connectivity index is 2.04. The lowest BCUT2D eigenvalue weighted by Gasteiger charge is -2.09. The molecule has 1 aliphatic rings. The predicted octanol–water partition coefficient (Wildman–Crippen LogP) is 5.04. The van der Waals surface area contributed by atoms with Crippen molar-refractivity contribution >= 4 is 44.3 Å². The molecule has 3 nitrogen and oxygen atoms in total. The number of aromatic nitrogens is 2. The Morgan fingerprint density at radius 3 is 2.76 bits per heavy atom. The van der Waals surface area contributed by atoms with Crippen molar-refractivity contribution in [1.29, 1.82) is 0 Å². The molecule has 2 N–H and O–H groups in total. The summed E-state index contributed by atoms with van der Waals surface area (Å²) in [5.74, 6) is 0.939. The first-order valence-corrected chi connectivity index (χ1v) is 8.03. The van der Waals surface area contributed by atoms with Crippen molar-refractivity contribution in [2.45, 2.75) is 18.9 Å². The topological polar surface area (TPSA) is 43.8 Å². The first kappa shape index (κ1) is 13.2. The maximum absolute atomic E-state index is 6.40. The van der Waals surface area contributed by atoms with E-state index in [0.717, 1.165) is 37.6 Å². The van der Waals surface area contributed by atoms with E-state index in [1.807, 2.05) is 36.4 Å². The maximum Gasteiger partial charge on any atom is 0.141 e. The van der Waals surface area contributed by atoms with Gasteiger partial charge in [-0.2, -0.15) is 0 Å². The SMILES string of the molecule is Nc1cc(Br)cc(-c2nc3cccc(Cl)c3n2C2CC2)c1. The zero-order valence-electron chi connectivity index (χ0n) is 11.2. The van der Waals surface area contributed by atoms with Crippen LogP contribution in [0.5, 0.6) is 0 Å². The van der Waals surface area contributed by atoms with Crippen molar-refractivity contribution in [3.8, 4) is 11.4 Å². The number of para-hydroxylation sites is 1. The number of rotatable bonds is 2. The molecule has 4 rings (SSSR count). The van der Waals surface area contributed by atoms with E-state index in [-0.39, 0.29) is 0 Å². The summed E-state index contributed by atoms with van der Waals surface area (Å²) >= 11 is 9.91. The van der Waals surface area contributed by atoms with Crippen LogP contribution in [0.4, 0.5) is 5.69 Å². The second kappa shape index (κ2) is 4.75. The van der Waals surface area contributed by atoms with Crippen molar-refractivity contribution < 1.29 is 0 Å². The lowest BCUT2D eigenvalue weighted by molar-refractivity contribution is 0.775. The number of hydrogen-bond donors (Lipinski definition) is 1. The molecule has 1 saturated carbocycles. The summed E-state index contributed by atoms with van der Waals surface area (Å²) in [5, 5.41) is 0.751. The molecule has 0 atom stereocenters. The van der Waals surface area contributed by atoms with Crippen LogP contribution in [0.25, 0.3) is 22.4 Å². The van der Waals surface area contributed by atoms with E-state index < -0.39 is 0 Å². The van der Waals surface area contributed by atoms with Crippen LogP contribution in [0.2, 0.25) is 5.02 Å². The smallest absolute Gasteiger partial charge is 0.141 e. The Morgan fingerprint density at radius 1 is 1.24 bits per heavy atom. The lowest BCUT2D eigenvalue weighted by Crippen LogP contribution is -1.98. The molecule has 0 radical (unpaired) electrons. The first-order chi connectivity index (χ1) is 10.1. The number of hydrogen-bond acceptors (Lipinski definition) is 2. The Labute approximate surface area is 135 Å². The molecule has 0 unspecified atom stereocenters. The zero-order valence-corrected chi connectivity index (χ0v) is 13.5. The highest BCUT2D eigenvalue weighted by molar-refractivity contribution is 9.10. The van der Waals surface area contributed by atoms with Crippen LogP contribution in [0.1, 0.15) is 18.9 Å². The van der Waals surface area contributed by atoms with E-state index in [0.29, 0.717) is 6.04 Å². The van der Waals surface area contributed by atoms with E-state index in [4.69, 9.17) is 22.3 Å². The molecule has 106 valence electrons.